The zero-order valence-corrected chi connectivity index (χ0v) is 12.5. The minimum atomic E-state index is -0.120. The maximum Gasteiger partial charge on any atom is 0.241 e. The van der Waals surface area contributed by atoms with Gasteiger partial charge < -0.3 is 5.32 Å². The molecule has 2 heterocycles. The SMILES string of the molecule is O=C(Cn1cnnn1)NCCc1csc(-c2ccccc2)n1. The molecule has 8 heteroatoms. The van der Waals surface area contributed by atoms with Crippen molar-refractivity contribution in [3.8, 4) is 10.6 Å². The minimum absolute atomic E-state index is 0.120. The molecule has 3 rings (SSSR count). The van der Waals surface area contributed by atoms with Gasteiger partial charge >= 0.3 is 0 Å². The Kier molecular flexibility index (Phi) is 4.50. The lowest BCUT2D eigenvalue weighted by Gasteiger charge is -2.03. The van der Waals surface area contributed by atoms with Crippen molar-refractivity contribution >= 4 is 17.2 Å². The fourth-order valence-electron chi connectivity index (χ4n) is 1.92. The zero-order chi connectivity index (χ0) is 15.2. The van der Waals surface area contributed by atoms with Crippen molar-refractivity contribution < 1.29 is 4.79 Å². The zero-order valence-electron chi connectivity index (χ0n) is 11.7. The summed E-state index contributed by atoms with van der Waals surface area (Å²) in [6, 6.07) is 10.1. The quantitative estimate of drug-likeness (QED) is 0.738. The first-order chi connectivity index (χ1) is 10.8. The van der Waals surface area contributed by atoms with Gasteiger partial charge in [-0.25, -0.2) is 9.67 Å². The summed E-state index contributed by atoms with van der Waals surface area (Å²) in [7, 11) is 0. The van der Waals surface area contributed by atoms with Gasteiger partial charge in [-0.15, -0.1) is 16.4 Å². The van der Waals surface area contributed by atoms with Gasteiger partial charge in [0, 0.05) is 23.9 Å². The molecule has 3 aromatic rings. The number of amides is 1. The van der Waals surface area contributed by atoms with Crippen LogP contribution in [0.5, 0.6) is 0 Å². The highest BCUT2D eigenvalue weighted by Crippen LogP contribution is 2.23. The van der Waals surface area contributed by atoms with Crippen LogP contribution in [0.25, 0.3) is 10.6 Å². The van der Waals surface area contributed by atoms with Crippen LogP contribution in [0.4, 0.5) is 0 Å². The smallest absolute Gasteiger partial charge is 0.241 e. The van der Waals surface area contributed by atoms with E-state index in [0.717, 1.165) is 16.3 Å². The van der Waals surface area contributed by atoms with E-state index in [1.54, 1.807) is 11.3 Å². The molecule has 0 unspecified atom stereocenters. The van der Waals surface area contributed by atoms with Crippen LogP contribution in [0.15, 0.2) is 42.0 Å². The van der Waals surface area contributed by atoms with Crippen LogP contribution in [0.2, 0.25) is 0 Å². The molecule has 0 saturated heterocycles. The summed E-state index contributed by atoms with van der Waals surface area (Å²) in [5.74, 6) is -0.120. The number of aromatic nitrogens is 5. The fourth-order valence-corrected chi connectivity index (χ4v) is 2.78. The predicted molar refractivity (Wildman–Crippen MR) is 82.1 cm³/mol. The Morgan fingerprint density at radius 1 is 1.27 bits per heavy atom. The summed E-state index contributed by atoms with van der Waals surface area (Å²) in [5.41, 5.74) is 2.09. The van der Waals surface area contributed by atoms with Gasteiger partial charge in [0.25, 0.3) is 0 Å². The van der Waals surface area contributed by atoms with Crippen LogP contribution in [0, 0.1) is 0 Å². The van der Waals surface area contributed by atoms with Crippen molar-refractivity contribution in [2.75, 3.05) is 6.54 Å². The summed E-state index contributed by atoms with van der Waals surface area (Å²) in [6.45, 7) is 0.665. The van der Waals surface area contributed by atoms with Crippen molar-refractivity contribution in [1.29, 1.82) is 0 Å². The summed E-state index contributed by atoms with van der Waals surface area (Å²) in [6.07, 6.45) is 2.11. The second-order valence-corrected chi connectivity index (χ2v) is 5.48. The normalized spacial score (nSPS) is 10.5. The number of nitrogens with one attached hydrogen (secondary N) is 1. The van der Waals surface area contributed by atoms with Gasteiger partial charge in [0.05, 0.1) is 5.69 Å². The first-order valence-corrected chi connectivity index (χ1v) is 7.66. The molecular formula is C14H14N6OS. The summed E-state index contributed by atoms with van der Waals surface area (Å²) in [4.78, 5) is 16.3. The Bertz CT molecular complexity index is 725. The highest BCUT2D eigenvalue weighted by molar-refractivity contribution is 7.13. The molecule has 0 aliphatic heterocycles. The average Bonchev–Trinajstić information content (AvgIpc) is 3.20. The summed E-state index contributed by atoms with van der Waals surface area (Å²) >= 11 is 1.61. The molecule has 0 aliphatic rings. The molecule has 0 radical (unpaired) electrons. The third kappa shape index (κ3) is 3.73. The van der Waals surface area contributed by atoms with Gasteiger partial charge in [0.1, 0.15) is 17.9 Å². The maximum absolute atomic E-state index is 11.7. The molecule has 1 N–H and O–H groups in total. The number of nitrogens with zero attached hydrogens (tertiary/aromatic N) is 5. The van der Waals surface area contributed by atoms with E-state index >= 15 is 0 Å². The molecule has 22 heavy (non-hydrogen) atoms. The van der Waals surface area contributed by atoms with E-state index in [9.17, 15) is 4.79 Å². The van der Waals surface area contributed by atoms with E-state index in [1.807, 2.05) is 35.7 Å². The Morgan fingerprint density at radius 3 is 2.91 bits per heavy atom. The standard InChI is InChI=1S/C14H14N6OS/c21-13(8-20-10-16-18-19-20)15-7-6-12-9-22-14(17-12)11-4-2-1-3-5-11/h1-5,9-10H,6-8H2,(H,15,21). The number of carbonyl (C=O) groups is 1. The van der Waals surface area contributed by atoms with E-state index in [2.05, 4.69) is 25.8 Å². The van der Waals surface area contributed by atoms with Crippen LogP contribution >= 0.6 is 11.3 Å². The molecule has 1 amide bonds. The molecular weight excluding hydrogens is 300 g/mol. The largest absolute Gasteiger partial charge is 0.354 e. The van der Waals surface area contributed by atoms with Crippen molar-refractivity contribution in [3.05, 3.63) is 47.7 Å². The third-order valence-corrected chi connectivity index (χ3v) is 3.91. The van der Waals surface area contributed by atoms with E-state index in [1.165, 1.54) is 11.0 Å². The van der Waals surface area contributed by atoms with Crippen molar-refractivity contribution in [2.45, 2.75) is 13.0 Å². The molecule has 0 atom stereocenters. The highest BCUT2D eigenvalue weighted by atomic mass is 32.1. The van der Waals surface area contributed by atoms with Gasteiger partial charge in [-0.1, -0.05) is 30.3 Å². The number of hydrogen-bond acceptors (Lipinski definition) is 6. The third-order valence-electron chi connectivity index (χ3n) is 2.97. The predicted octanol–water partition coefficient (Wildman–Crippen LogP) is 1.16. The van der Waals surface area contributed by atoms with Crippen LogP contribution in [0.1, 0.15) is 5.69 Å². The first-order valence-electron chi connectivity index (χ1n) is 6.78. The van der Waals surface area contributed by atoms with E-state index < -0.39 is 0 Å². The van der Waals surface area contributed by atoms with Crippen molar-refractivity contribution in [2.24, 2.45) is 0 Å². The Morgan fingerprint density at radius 2 is 2.14 bits per heavy atom. The average molecular weight is 314 g/mol. The number of benzene rings is 1. The Hall–Kier alpha value is -2.61. The number of tetrazole rings is 1. The monoisotopic (exact) mass is 314 g/mol. The molecule has 0 aliphatic carbocycles. The van der Waals surface area contributed by atoms with Gasteiger partial charge in [-0.3, -0.25) is 4.79 Å². The Balaban J connectivity index is 1.48. The number of thiazole rings is 1. The number of rotatable bonds is 6. The highest BCUT2D eigenvalue weighted by Gasteiger charge is 2.06. The van der Waals surface area contributed by atoms with Crippen molar-refractivity contribution in [1.82, 2.24) is 30.5 Å². The van der Waals surface area contributed by atoms with Crippen LogP contribution in [0.3, 0.4) is 0 Å². The van der Waals surface area contributed by atoms with Crippen LogP contribution < -0.4 is 5.32 Å². The fraction of sp³-hybridized carbons (Fsp3) is 0.214. The lowest BCUT2D eigenvalue weighted by atomic mass is 10.2. The molecule has 0 fully saturated rings. The molecule has 0 bridgehead atoms. The van der Waals surface area contributed by atoms with Gasteiger partial charge in [0.2, 0.25) is 5.91 Å². The second-order valence-electron chi connectivity index (χ2n) is 4.62. The molecule has 112 valence electrons. The van der Waals surface area contributed by atoms with Crippen molar-refractivity contribution in [3.63, 3.8) is 0 Å². The maximum atomic E-state index is 11.7. The van der Waals surface area contributed by atoms with E-state index in [-0.39, 0.29) is 12.5 Å². The molecule has 1 aromatic carbocycles. The minimum Gasteiger partial charge on any atom is -0.354 e. The molecule has 2 aromatic heterocycles. The van der Waals surface area contributed by atoms with Crippen LogP contribution in [-0.2, 0) is 17.8 Å². The Labute approximate surface area is 131 Å². The first kappa shape index (κ1) is 14.3. The van der Waals surface area contributed by atoms with Gasteiger partial charge in [-0.2, -0.15) is 0 Å². The van der Waals surface area contributed by atoms with Crippen LogP contribution in [-0.4, -0.2) is 37.6 Å². The number of hydrogen-bond donors (Lipinski definition) is 1. The molecule has 0 saturated carbocycles. The number of carbonyl (C=O) groups excluding carboxylic acids is 1. The van der Waals surface area contributed by atoms with Gasteiger partial charge in [0.15, 0.2) is 0 Å². The summed E-state index contributed by atoms with van der Waals surface area (Å²) < 4.78 is 1.38. The topological polar surface area (TPSA) is 85.6 Å². The van der Waals surface area contributed by atoms with E-state index in [4.69, 9.17) is 0 Å². The molecule has 7 nitrogen and oxygen atoms in total. The van der Waals surface area contributed by atoms with E-state index in [0.29, 0.717) is 13.0 Å². The lowest BCUT2D eigenvalue weighted by molar-refractivity contribution is -0.121. The molecule has 0 spiro atoms. The van der Waals surface area contributed by atoms with Gasteiger partial charge in [-0.05, 0) is 10.4 Å². The lowest BCUT2D eigenvalue weighted by Crippen LogP contribution is -2.29. The summed E-state index contributed by atoms with van der Waals surface area (Å²) in [5, 5.41) is 16.4. The second kappa shape index (κ2) is 6.90.